The van der Waals surface area contributed by atoms with Crippen molar-refractivity contribution < 1.29 is 4.79 Å². The lowest BCUT2D eigenvalue weighted by molar-refractivity contribution is 0.112. The molecule has 1 aromatic carbocycles. The van der Waals surface area contributed by atoms with Crippen LogP contribution in [0.4, 0.5) is 0 Å². The van der Waals surface area contributed by atoms with Gasteiger partial charge in [-0.25, -0.2) is 4.68 Å². The Labute approximate surface area is 101 Å². The minimum Gasteiger partial charge on any atom is -0.298 e. The molecular weight excluding hydrogens is 212 g/mol. The van der Waals surface area contributed by atoms with Gasteiger partial charge in [-0.15, -0.1) is 0 Å². The Bertz CT molecular complexity index is 485. The quantitative estimate of drug-likeness (QED) is 0.737. The first kappa shape index (κ1) is 11.6. The molecule has 0 fully saturated rings. The molecule has 0 bridgehead atoms. The van der Waals surface area contributed by atoms with Gasteiger partial charge in [0, 0.05) is 6.20 Å². The van der Waals surface area contributed by atoms with Crippen LogP contribution < -0.4 is 0 Å². The number of benzene rings is 1. The molecule has 0 unspecified atom stereocenters. The third-order valence-corrected chi connectivity index (χ3v) is 2.76. The van der Waals surface area contributed by atoms with Gasteiger partial charge in [-0.3, -0.25) is 4.79 Å². The Kier molecular flexibility index (Phi) is 3.70. The van der Waals surface area contributed by atoms with Gasteiger partial charge in [0.15, 0.2) is 6.29 Å². The highest BCUT2D eigenvalue weighted by atomic mass is 16.1. The normalized spacial score (nSPS) is 10.4. The van der Waals surface area contributed by atoms with Gasteiger partial charge in [-0.1, -0.05) is 25.5 Å². The summed E-state index contributed by atoms with van der Waals surface area (Å²) in [5, 5.41) is 4.13. The summed E-state index contributed by atoms with van der Waals surface area (Å²) in [7, 11) is 0. The number of rotatable bonds is 5. The van der Waals surface area contributed by atoms with Crippen LogP contribution in [-0.2, 0) is 6.42 Å². The maximum atomic E-state index is 10.6. The second-order valence-corrected chi connectivity index (χ2v) is 4.11. The Morgan fingerprint density at radius 2 is 2.06 bits per heavy atom. The monoisotopic (exact) mass is 228 g/mol. The highest BCUT2D eigenvalue weighted by molar-refractivity contribution is 5.73. The molecule has 0 saturated heterocycles. The van der Waals surface area contributed by atoms with Crippen LogP contribution in [0.2, 0.25) is 0 Å². The molecule has 0 amide bonds. The third-order valence-electron chi connectivity index (χ3n) is 2.76. The number of aryl methyl sites for hydroxylation is 1. The van der Waals surface area contributed by atoms with E-state index in [1.165, 1.54) is 18.4 Å². The lowest BCUT2D eigenvalue weighted by Gasteiger charge is -2.03. The second kappa shape index (κ2) is 5.43. The van der Waals surface area contributed by atoms with Crippen molar-refractivity contribution in [1.29, 1.82) is 0 Å². The SMILES string of the molecule is CCCCc1ccc(-n2cc(C=O)cn2)cc1. The Morgan fingerprint density at radius 1 is 1.29 bits per heavy atom. The van der Waals surface area contributed by atoms with Gasteiger partial charge in [0.2, 0.25) is 0 Å². The molecule has 3 nitrogen and oxygen atoms in total. The van der Waals surface area contributed by atoms with Crippen molar-refractivity contribution in [3.63, 3.8) is 0 Å². The van der Waals surface area contributed by atoms with Crippen LogP contribution in [0.1, 0.15) is 35.7 Å². The maximum Gasteiger partial charge on any atom is 0.153 e. The maximum absolute atomic E-state index is 10.6. The zero-order chi connectivity index (χ0) is 12.1. The number of carbonyl (C=O) groups excluding carboxylic acids is 1. The number of aromatic nitrogens is 2. The van der Waals surface area contributed by atoms with Gasteiger partial charge in [0.1, 0.15) is 0 Å². The van der Waals surface area contributed by atoms with E-state index in [0.717, 1.165) is 18.4 Å². The fourth-order valence-corrected chi connectivity index (χ4v) is 1.74. The molecule has 0 aliphatic heterocycles. The van der Waals surface area contributed by atoms with E-state index in [1.54, 1.807) is 17.1 Å². The van der Waals surface area contributed by atoms with Crippen LogP contribution in [0, 0.1) is 0 Å². The van der Waals surface area contributed by atoms with E-state index in [0.29, 0.717) is 5.56 Å². The highest BCUT2D eigenvalue weighted by Gasteiger charge is 2.00. The fourth-order valence-electron chi connectivity index (χ4n) is 1.74. The molecule has 88 valence electrons. The standard InChI is InChI=1S/C14H16N2O/c1-2-3-4-12-5-7-14(8-6-12)16-10-13(11-17)9-15-16/h5-11H,2-4H2,1H3. The van der Waals surface area contributed by atoms with E-state index in [2.05, 4.69) is 24.2 Å². The molecule has 17 heavy (non-hydrogen) atoms. The largest absolute Gasteiger partial charge is 0.298 e. The Morgan fingerprint density at radius 3 is 2.65 bits per heavy atom. The average molecular weight is 228 g/mol. The molecule has 0 aliphatic rings. The molecule has 1 aromatic heterocycles. The molecule has 0 N–H and O–H groups in total. The summed E-state index contributed by atoms with van der Waals surface area (Å²) in [4.78, 5) is 10.6. The molecule has 3 heteroatoms. The zero-order valence-corrected chi connectivity index (χ0v) is 9.97. The van der Waals surface area contributed by atoms with Crippen LogP contribution in [0.25, 0.3) is 5.69 Å². The van der Waals surface area contributed by atoms with Crippen molar-refractivity contribution in [3.05, 3.63) is 47.8 Å². The topological polar surface area (TPSA) is 34.9 Å². The minimum atomic E-state index is 0.597. The van der Waals surface area contributed by atoms with Gasteiger partial charge < -0.3 is 0 Å². The molecule has 2 aromatic rings. The smallest absolute Gasteiger partial charge is 0.153 e. The lowest BCUT2D eigenvalue weighted by atomic mass is 10.1. The van der Waals surface area contributed by atoms with Gasteiger partial charge in [-0.05, 0) is 30.5 Å². The molecule has 0 saturated carbocycles. The van der Waals surface area contributed by atoms with Crippen LogP contribution in [-0.4, -0.2) is 16.1 Å². The summed E-state index contributed by atoms with van der Waals surface area (Å²) in [6.07, 6.45) is 7.65. The fraction of sp³-hybridized carbons (Fsp3) is 0.286. The van der Waals surface area contributed by atoms with Crippen molar-refractivity contribution in [2.75, 3.05) is 0 Å². The summed E-state index contributed by atoms with van der Waals surface area (Å²) >= 11 is 0. The van der Waals surface area contributed by atoms with Crippen LogP contribution in [0.5, 0.6) is 0 Å². The summed E-state index contributed by atoms with van der Waals surface area (Å²) in [6, 6.07) is 8.31. The molecule has 0 aliphatic carbocycles. The summed E-state index contributed by atoms with van der Waals surface area (Å²) < 4.78 is 1.72. The van der Waals surface area contributed by atoms with Gasteiger partial charge in [0.05, 0.1) is 17.4 Å². The van der Waals surface area contributed by atoms with E-state index >= 15 is 0 Å². The molecular formula is C14H16N2O. The number of nitrogens with zero attached hydrogens (tertiary/aromatic N) is 2. The molecule has 0 spiro atoms. The second-order valence-electron chi connectivity index (χ2n) is 4.11. The van der Waals surface area contributed by atoms with Crippen LogP contribution >= 0.6 is 0 Å². The molecule has 1 heterocycles. The molecule has 0 atom stereocenters. The average Bonchev–Trinajstić information content (AvgIpc) is 2.86. The number of hydrogen-bond acceptors (Lipinski definition) is 2. The van der Waals surface area contributed by atoms with Crippen molar-refractivity contribution in [2.24, 2.45) is 0 Å². The van der Waals surface area contributed by atoms with Gasteiger partial charge in [-0.2, -0.15) is 5.10 Å². The Hall–Kier alpha value is -1.90. The number of hydrogen-bond donors (Lipinski definition) is 0. The number of aldehydes is 1. The van der Waals surface area contributed by atoms with Gasteiger partial charge >= 0.3 is 0 Å². The van der Waals surface area contributed by atoms with Crippen molar-refractivity contribution in [2.45, 2.75) is 26.2 Å². The predicted octanol–water partition coefficient (Wildman–Crippen LogP) is 3.03. The predicted molar refractivity (Wildman–Crippen MR) is 67.6 cm³/mol. The highest BCUT2D eigenvalue weighted by Crippen LogP contribution is 2.11. The number of carbonyl (C=O) groups is 1. The zero-order valence-electron chi connectivity index (χ0n) is 9.97. The van der Waals surface area contributed by atoms with Crippen molar-refractivity contribution >= 4 is 6.29 Å². The first-order valence-electron chi connectivity index (χ1n) is 5.92. The Balaban J connectivity index is 2.14. The van der Waals surface area contributed by atoms with Crippen molar-refractivity contribution in [3.8, 4) is 5.69 Å². The molecule has 0 radical (unpaired) electrons. The van der Waals surface area contributed by atoms with E-state index in [-0.39, 0.29) is 0 Å². The first-order chi connectivity index (χ1) is 8.33. The molecule has 2 rings (SSSR count). The first-order valence-corrected chi connectivity index (χ1v) is 5.92. The van der Waals surface area contributed by atoms with Crippen molar-refractivity contribution in [1.82, 2.24) is 9.78 Å². The van der Waals surface area contributed by atoms with E-state index < -0.39 is 0 Å². The van der Waals surface area contributed by atoms with Crippen LogP contribution in [0.15, 0.2) is 36.7 Å². The summed E-state index contributed by atoms with van der Waals surface area (Å²) in [5.74, 6) is 0. The van der Waals surface area contributed by atoms with Gasteiger partial charge in [0.25, 0.3) is 0 Å². The number of unbranched alkanes of at least 4 members (excludes halogenated alkanes) is 1. The van der Waals surface area contributed by atoms with Crippen LogP contribution in [0.3, 0.4) is 0 Å². The van der Waals surface area contributed by atoms with E-state index in [9.17, 15) is 4.79 Å². The summed E-state index contributed by atoms with van der Waals surface area (Å²) in [6.45, 7) is 2.19. The third kappa shape index (κ3) is 2.81. The lowest BCUT2D eigenvalue weighted by Crippen LogP contribution is -1.94. The van der Waals surface area contributed by atoms with E-state index in [1.807, 2.05) is 12.1 Å². The minimum absolute atomic E-state index is 0.597. The summed E-state index contributed by atoms with van der Waals surface area (Å²) in [5.41, 5.74) is 2.93. The van der Waals surface area contributed by atoms with E-state index in [4.69, 9.17) is 0 Å².